The van der Waals surface area contributed by atoms with Gasteiger partial charge < -0.3 is 4.42 Å². The number of hydrogen-bond acceptors (Lipinski definition) is 2. The molecule has 3 aliphatic rings. The Morgan fingerprint density at radius 1 is 1.20 bits per heavy atom. The fourth-order valence-electron chi connectivity index (χ4n) is 5.17. The van der Waals surface area contributed by atoms with E-state index < -0.39 is 0 Å². The first-order valence-electron chi connectivity index (χ1n) is 7.77. The quantitative estimate of drug-likeness (QED) is 0.762. The molecule has 102 valence electrons. The van der Waals surface area contributed by atoms with Crippen LogP contribution in [0.1, 0.15) is 35.4 Å². The zero-order chi connectivity index (χ0) is 13.4. The summed E-state index contributed by atoms with van der Waals surface area (Å²) in [5.41, 5.74) is 1.99. The van der Waals surface area contributed by atoms with Crippen LogP contribution in [-0.4, -0.2) is 5.78 Å². The van der Waals surface area contributed by atoms with E-state index in [1.54, 1.807) is 0 Å². The summed E-state index contributed by atoms with van der Waals surface area (Å²) >= 11 is 0. The zero-order valence-corrected chi connectivity index (χ0v) is 11.6. The summed E-state index contributed by atoms with van der Waals surface area (Å²) in [6, 6.07) is 8.03. The van der Waals surface area contributed by atoms with Gasteiger partial charge in [0.05, 0.1) is 0 Å². The predicted molar refractivity (Wildman–Crippen MR) is 76.6 cm³/mol. The van der Waals surface area contributed by atoms with E-state index in [4.69, 9.17) is 4.42 Å². The van der Waals surface area contributed by atoms with E-state index in [-0.39, 0.29) is 11.7 Å². The molecule has 3 fully saturated rings. The number of carbonyl (C=O) groups excluding carboxylic acids is 1. The molecule has 1 aromatic carbocycles. The van der Waals surface area contributed by atoms with Crippen LogP contribution in [0.5, 0.6) is 0 Å². The van der Waals surface area contributed by atoms with Crippen LogP contribution in [-0.2, 0) is 0 Å². The highest BCUT2D eigenvalue weighted by Gasteiger charge is 2.67. The highest BCUT2D eigenvalue weighted by Crippen LogP contribution is 2.70. The molecule has 2 bridgehead atoms. The second kappa shape index (κ2) is 3.55. The Morgan fingerprint density at radius 2 is 1.95 bits per heavy atom. The van der Waals surface area contributed by atoms with Crippen LogP contribution in [0.25, 0.3) is 11.0 Å². The minimum Gasteiger partial charge on any atom is -0.453 e. The monoisotopic (exact) mass is 266 g/mol. The third-order valence-electron chi connectivity index (χ3n) is 6.02. The Morgan fingerprint density at radius 3 is 2.65 bits per heavy atom. The van der Waals surface area contributed by atoms with Crippen molar-refractivity contribution in [3.05, 3.63) is 35.6 Å². The normalized spacial score (nSPS) is 37.4. The number of benzene rings is 1. The summed E-state index contributed by atoms with van der Waals surface area (Å²) in [5, 5.41) is 1.06. The second-order valence-corrected chi connectivity index (χ2v) is 6.98. The summed E-state index contributed by atoms with van der Waals surface area (Å²) in [6.07, 6.45) is 4.10. The highest BCUT2D eigenvalue weighted by atomic mass is 16.3. The van der Waals surface area contributed by atoms with Gasteiger partial charge in [-0.3, -0.25) is 4.79 Å². The molecule has 0 N–H and O–H groups in total. The lowest BCUT2D eigenvalue weighted by Crippen LogP contribution is -2.09. The molecule has 1 aromatic heterocycles. The van der Waals surface area contributed by atoms with Crippen molar-refractivity contribution < 1.29 is 9.21 Å². The van der Waals surface area contributed by atoms with Crippen molar-refractivity contribution in [2.75, 3.05) is 0 Å². The van der Waals surface area contributed by atoms with Crippen LogP contribution in [0.2, 0.25) is 0 Å². The van der Waals surface area contributed by atoms with Gasteiger partial charge in [-0.05, 0) is 61.5 Å². The van der Waals surface area contributed by atoms with Gasteiger partial charge in [-0.25, -0.2) is 0 Å². The number of aryl methyl sites for hydroxylation is 1. The average molecular weight is 266 g/mol. The van der Waals surface area contributed by atoms with Gasteiger partial charge in [-0.2, -0.15) is 0 Å². The molecule has 3 saturated carbocycles. The van der Waals surface area contributed by atoms with Gasteiger partial charge >= 0.3 is 0 Å². The highest BCUT2D eigenvalue weighted by molar-refractivity contribution is 6.01. The Hall–Kier alpha value is -1.57. The van der Waals surface area contributed by atoms with E-state index in [9.17, 15) is 4.79 Å². The van der Waals surface area contributed by atoms with Gasteiger partial charge in [0.15, 0.2) is 5.76 Å². The molecule has 1 heterocycles. The molecule has 0 aliphatic heterocycles. The van der Waals surface area contributed by atoms with Crippen molar-refractivity contribution >= 4 is 16.8 Å². The number of rotatable bonds is 2. The second-order valence-electron chi connectivity index (χ2n) is 6.98. The third-order valence-corrected chi connectivity index (χ3v) is 6.02. The van der Waals surface area contributed by atoms with Crippen molar-refractivity contribution in [1.29, 1.82) is 0 Å². The van der Waals surface area contributed by atoms with Crippen molar-refractivity contribution in [1.82, 2.24) is 0 Å². The topological polar surface area (TPSA) is 30.2 Å². The lowest BCUT2D eigenvalue weighted by molar-refractivity contribution is 0.0919. The summed E-state index contributed by atoms with van der Waals surface area (Å²) in [5.74, 6) is 4.20. The Kier molecular flexibility index (Phi) is 1.97. The van der Waals surface area contributed by atoms with Crippen LogP contribution in [0.15, 0.2) is 28.7 Å². The van der Waals surface area contributed by atoms with E-state index in [0.29, 0.717) is 17.6 Å². The first-order chi connectivity index (χ1) is 9.74. The Labute approximate surface area is 118 Å². The lowest BCUT2D eigenvalue weighted by Gasteiger charge is -2.05. The minimum absolute atomic E-state index is 0.271. The fourth-order valence-corrected chi connectivity index (χ4v) is 5.17. The van der Waals surface area contributed by atoms with E-state index in [2.05, 4.69) is 0 Å². The standard InChI is InChI=1S/C18H18O2/c1-9-3-2-4-12-8-13(20-18(9)12)17(19)16-14-10-5-6-11(7-10)15(14)16/h2-4,8,10-11,14-16H,5-7H2,1H3. The number of ketones is 1. The molecule has 0 radical (unpaired) electrons. The summed E-state index contributed by atoms with van der Waals surface area (Å²) in [7, 11) is 0. The third kappa shape index (κ3) is 1.27. The van der Waals surface area contributed by atoms with Gasteiger partial charge in [-0.15, -0.1) is 0 Å². The van der Waals surface area contributed by atoms with Crippen molar-refractivity contribution in [2.24, 2.45) is 29.6 Å². The maximum atomic E-state index is 12.7. The summed E-state index contributed by atoms with van der Waals surface area (Å²) < 4.78 is 5.87. The summed E-state index contributed by atoms with van der Waals surface area (Å²) in [6.45, 7) is 2.03. The van der Waals surface area contributed by atoms with Crippen molar-refractivity contribution in [3.63, 3.8) is 0 Å². The fraction of sp³-hybridized carbons (Fsp3) is 0.500. The minimum atomic E-state index is 0.271. The van der Waals surface area contributed by atoms with Crippen LogP contribution in [0.4, 0.5) is 0 Å². The van der Waals surface area contributed by atoms with Crippen molar-refractivity contribution in [2.45, 2.75) is 26.2 Å². The lowest BCUT2D eigenvalue weighted by atomic mass is 9.99. The van der Waals surface area contributed by atoms with Crippen LogP contribution in [0, 0.1) is 36.5 Å². The first-order valence-corrected chi connectivity index (χ1v) is 7.77. The number of carbonyl (C=O) groups is 1. The number of fused-ring (bicyclic) bond motifs is 6. The van der Waals surface area contributed by atoms with Crippen LogP contribution in [0.3, 0.4) is 0 Å². The number of hydrogen-bond donors (Lipinski definition) is 0. The largest absolute Gasteiger partial charge is 0.453 e. The molecule has 5 rings (SSSR count). The number of Topliss-reactive ketones (excluding diaryl/α,β-unsaturated/α-hetero) is 1. The molecule has 2 heteroatoms. The molecule has 0 spiro atoms. The number of furan rings is 1. The van der Waals surface area contributed by atoms with Crippen molar-refractivity contribution in [3.8, 4) is 0 Å². The smallest absolute Gasteiger partial charge is 0.201 e. The average Bonchev–Trinajstić information content (AvgIpc) is 2.84. The van der Waals surface area contributed by atoms with E-state index in [1.807, 2.05) is 31.2 Å². The van der Waals surface area contributed by atoms with Gasteiger partial charge in [0.1, 0.15) is 5.58 Å². The van der Waals surface area contributed by atoms with Gasteiger partial charge in [0.2, 0.25) is 5.78 Å². The van der Waals surface area contributed by atoms with E-state index in [1.165, 1.54) is 19.3 Å². The first kappa shape index (κ1) is 11.1. The Balaban J connectivity index is 1.50. The molecule has 2 nitrogen and oxygen atoms in total. The molecular weight excluding hydrogens is 248 g/mol. The molecule has 4 atom stereocenters. The van der Waals surface area contributed by atoms with Gasteiger partial charge in [-0.1, -0.05) is 18.2 Å². The molecule has 0 amide bonds. The van der Waals surface area contributed by atoms with Crippen LogP contribution >= 0.6 is 0 Å². The summed E-state index contributed by atoms with van der Waals surface area (Å²) in [4.78, 5) is 12.7. The Bertz CT molecular complexity index is 710. The molecule has 2 aromatic rings. The van der Waals surface area contributed by atoms with Gasteiger partial charge in [0, 0.05) is 11.3 Å². The number of para-hydroxylation sites is 1. The SMILES string of the molecule is Cc1cccc2cc(C(=O)C3C4C5CCC(C5)C34)oc12. The maximum absolute atomic E-state index is 12.7. The van der Waals surface area contributed by atoms with E-state index >= 15 is 0 Å². The maximum Gasteiger partial charge on any atom is 0.201 e. The molecule has 20 heavy (non-hydrogen) atoms. The molecule has 3 aliphatic carbocycles. The predicted octanol–water partition coefficient (Wildman–Crippen LogP) is 4.22. The van der Waals surface area contributed by atoms with E-state index in [0.717, 1.165) is 28.4 Å². The molecule has 0 saturated heterocycles. The van der Waals surface area contributed by atoms with Crippen LogP contribution < -0.4 is 0 Å². The molecule has 4 unspecified atom stereocenters. The molecular formula is C18H18O2. The van der Waals surface area contributed by atoms with Gasteiger partial charge in [0.25, 0.3) is 0 Å². The zero-order valence-electron chi connectivity index (χ0n) is 11.6.